The number of benzene rings is 1. The van der Waals surface area contributed by atoms with Gasteiger partial charge in [-0.05, 0) is 17.7 Å². The molecule has 0 fully saturated rings. The van der Waals surface area contributed by atoms with E-state index in [0.717, 1.165) is 0 Å². The van der Waals surface area contributed by atoms with Crippen molar-refractivity contribution in [1.29, 1.82) is 0 Å². The fraction of sp³-hybridized carbons (Fsp3) is 0.333. The average Bonchev–Trinajstić information content (AvgIpc) is 2.64. The van der Waals surface area contributed by atoms with Crippen LogP contribution < -0.4 is 15.2 Å². The summed E-state index contributed by atoms with van der Waals surface area (Å²) in [5.74, 6) is 0.947. The molecule has 0 spiro atoms. The van der Waals surface area contributed by atoms with Crippen molar-refractivity contribution >= 4 is 11.6 Å². The first-order chi connectivity index (χ1) is 6.72. The molecule has 0 bridgehead atoms. The van der Waals surface area contributed by atoms with E-state index in [9.17, 15) is 4.39 Å². The predicted octanol–water partition coefficient (Wildman–Crippen LogP) is 2.04. The van der Waals surface area contributed by atoms with Crippen LogP contribution in [0.2, 0.25) is 5.02 Å². The molecule has 0 radical (unpaired) electrons. The monoisotopic (exact) mass is 217 g/mol. The molecule has 1 aliphatic rings. The standard InChI is InChI=1S/C9H9ClFNO2/c10-6-1-5(7(11)3-12)2-8-9(6)14-4-13-8/h1-2,7H,3-4,12H2. The number of fused-ring (bicyclic) bond motifs is 1. The summed E-state index contributed by atoms with van der Waals surface area (Å²) in [6.07, 6.45) is -1.22. The van der Waals surface area contributed by atoms with E-state index in [0.29, 0.717) is 22.1 Å². The van der Waals surface area contributed by atoms with Crippen molar-refractivity contribution in [2.45, 2.75) is 6.17 Å². The highest BCUT2D eigenvalue weighted by Crippen LogP contribution is 2.41. The highest BCUT2D eigenvalue weighted by atomic mass is 35.5. The Kier molecular flexibility index (Phi) is 2.48. The van der Waals surface area contributed by atoms with Crippen molar-refractivity contribution in [3.05, 3.63) is 22.7 Å². The fourth-order valence-corrected chi connectivity index (χ4v) is 1.58. The van der Waals surface area contributed by atoms with Gasteiger partial charge in [0.05, 0.1) is 5.02 Å². The summed E-state index contributed by atoms with van der Waals surface area (Å²) in [6.45, 7) is 0.0497. The number of ether oxygens (including phenoxy) is 2. The van der Waals surface area contributed by atoms with Crippen molar-refractivity contribution < 1.29 is 13.9 Å². The second-order valence-corrected chi connectivity index (χ2v) is 3.35. The number of hydrogen-bond donors (Lipinski definition) is 1. The first-order valence-electron chi connectivity index (χ1n) is 4.15. The molecule has 2 N–H and O–H groups in total. The van der Waals surface area contributed by atoms with E-state index in [2.05, 4.69) is 0 Å². The summed E-state index contributed by atoms with van der Waals surface area (Å²) < 4.78 is 23.4. The Hall–Kier alpha value is -1.00. The van der Waals surface area contributed by atoms with E-state index in [1.54, 1.807) is 6.07 Å². The minimum Gasteiger partial charge on any atom is -0.454 e. The molecule has 2 rings (SSSR count). The quantitative estimate of drug-likeness (QED) is 0.825. The summed E-state index contributed by atoms with van der Waals surface area (Å²) >= 11 is 5.86. The zero-order valence-electron chi connectivity index (χ0n) is 7.30. The van der Waals surface area contributed by atoms with E-state index < -0.39 is 6.17 Å². The van der Waals surface area contributed by atoms with Gasteiger partial charge in [0.2, 0.25) is 6.79 Å². The van der Waals surface area contributed by atoms with Gasteiger partial charge in [0, 0.05) is 6.54 Å². The zero-order valence-corrected chi connectivity index (χ0v) is 8.05. The van der Waals surface area contributed by atoms with Crippen LogP contribution in [0.1, 0.15) is 11.7 Å². The van der Waals surface area contributed by atoms with E-state index in [-0.39, 0.29) is 13.3 Å². The minimum atomic E-state index is -1.22. The number of nitrogens with two attached hydrogens (primary N) is 1. The van der Waals surface area contributed by atoms with Gasteiger partial charge in [0.15, 0.2) is 11.5 Å². The summed E-state index contributed by atoms with van der Waals surface area (Å²) in [5.41, 5.74) is 5.63. The largest absolute Gasteiger partial charge is 0.454 e. The molecular formula is C9H9ClFNO2. The summed E-state index contributed by atoms with van der Waals surface area (Å²) in [7, 11) is 0. The highest BCUT2D eigenvalue weighted by molar-refractivity contribution is 6.32. The summed E-state index contributed by atoms with van der Waals surface area (Å²) in [4.78, 5) is 0. The van der Waals surface area contributed by atoms with Crippen LogP contribution in [0.25, 0.3) is 0 Å². The Labute approximate surface area is 85.6 Å². The Bertz CT molecular complexity index is 359. The van der Waals surface area contributed by atoms with Gasteiger partial charge >= 0.3 is 0 Å². The molecule has 76 valence electrons. The maximum absolute atomic E-state index is 13.2. The third-order valence-corrected chi connectivity index (χ3v) is 2.30. The van der Waals surface area contributed by atoms with Gasteiger partial charge in [-0.15, -0.1) is 0 Å². The van der Waals surface area contributed by atoms with Crippen LogP contribution >= 0.6 is 11.6 Å². The molecular weight excluding hydrogens is 209 g/mol. The van der Waals surface area contributed by atoms with Gasteiger partial charge in [-0.25, -0.2) is 4.39 Å². The lowest BCUT2D eigenvalue weighted by Crippen LogP contribution is -2.07. The fourth-order valence-electron chi connectivity index (χ4n) is 1.30. The molecule has 1 aromatic carbocycles. The van der Waals surface area contributed by atoms with Crippen LogP contribution in [-0.4, -0.2) is 13.3 Å². The number of alkyl halides is 1. The predicted molar refractivity (Wildman–Crippen MR) is 50.5 cm³/mol. The van der Waals surface area contributed by atoms with Gasteiger partial charge in [-0.1, -0.05) is 11.6 Å². The Balaban J connectivity index is 2.41. The van der Waals surface area contributed by atoms with Crippen LogP contribution in [0.5, 0.6) is 11.5 Å². The van der Waals surface area contributed by atoms with E-state index in [1.807, 2.05) is 0 Å². The molecule has 1 aromatic rings. The Morgan fingerprint density at radius 2 is 2.29 bits per heavy atom. The van der Waals surface area contributed by atoms with Gasteiger partial charge in [0.25, 0.3) is 0 Å². The molecule has 0 aromatic heterocycles. The lowest BCUT2D eigenvalue weighted by molar-refractivity contribution is 0.174. The minimum absolute atomic E-state index is 0.0734. The maximum Gasteiger partial charge on any atom is 0.231 e. The second kappa shape index (κ2) is 3.63. The molecule has 5 heteroatoms. The van der Waals surface area contributed by atoms with Gasteiger partial charge in [0.1, 0.15) is 6.17 Å². The summed E-state index contributed by atoms with van der Waals surface area (Å²) in [6, 6.07) is 3.07. The van der Waals surface area contributed by atoms with Gasteiger partial charge in [-0.2, -0.15) is 0 Å². The van der Waals surface area contributed by atoms with Crippen LogP contribution in [-0.2, 0) is 0 Å². The average molecular weight is 218 g/mol. The smallest absolute Gasteiger partial charge is 0.231 e. The normalized spacial score (nSPS) is 15.6. The van der Waals surface area contributed by atoms with Gasteiger partial charge < -0.3 is 15.2 Å². The van der Waals surface area contributed by atoms with Gasteiger partial charge in [-0.3, -0.25) is 0 Å². The molecule has 0 aliphatic carbocycles. The second-order valence-electron chi connectivity index (χ2n) is 2.94. The first kappa shape index (κ1) is 9.55. The molecule has 0 saturated carbocycles. The SMILES string of the molecule is NCC(F)c1cc(Cl)c2c(c1)OCO2. The van der Waals surface area contributed by atoms with E-state index in [1.165, 1.54) is 6.07 Å². The topological polar surface area (TPSA) is 44.5 Å². The van der Waals surface area contributed by atoms with Crippen LogP contribution in [0.15, 0.2) is 12.1 Å². The van der Waals surface area contributed by atoms with E-state index >= 15 is 0 Å². The number of hydrogen-bond acceptors (Lipinski definition) is 3. The van der Waals surface area contributed by atoms with Crippen LogP contribution in [0.4, 0.5) is 4.39 Å². The van der Waals surface area contributed by atoms with E-state index in [4.69, 9.17) is 26.8 Å². The third-order valence-electron chi connectivity index (χ3n) is 2.02. The molecule has 14 heavy (non-hydrogen) atoms. The maximum atomic E-state index is 13.2. The Morgan fingerprint density at radius 3 is 3.00 bits per heavy atom. The number of halogens is 2. The lowest BCUT2D eigenvalue weighted by Gasteiger charge is -2.07. The molecule has 0 saturated heterocycles. The van der Waals surface area contributed by atoms with Crippen molar-refractivity contribution in [1.82, 2.24) is 0 Å². The lowest BCUT2D eigenvalue weighted by atomic mass is 10.1. The Morgan fingerprint density at radius 1 is 1.50 bits per heavy atom. The zero-order chi connectivity index (χ0) is 10.1. The van der Waals surface area contributed by atoms with Crippen molar-refractivity contribution in [3.63, 3.8) is 0 Å². The molecule has 1 aliphatic heterocycles. The number of rotatable bonds is 2. The van der Waals surface area contributed by atoms with Crippen molar-refractivity contribution in [2.24, 2.45) is 5.73 Å². The molecule has 1 atom stereocenters. The molecule has 1 unspecified atom stereocenters. The van der Waals surface area contributed by atoms with Crippen LogP contribution in [0, 0.1) is 0 Å². The molecule has 0 amide bonds. The third kappa shape index (κ3) is 1.51. The van der Waals surface area contributed by atoms with Crippen LogP contribution in [0.3, 0.4) is 0 Å². The van der Waals surface area contributed by atoms with Crippen molar-refractivity contribution in [2.75, 3.05) is 13.3 Å². The molecule has 1 heterocycles. The molecule has 3 nitrogen and oxygen atoms in total. The van der Waals surface area contributed by atoms with Crippen molar-refractivity contribution in [3.8, 4) is 11.5 Å². The first-order valence-corrected chi connectivity index (χ1v) is 4.53. The summed E-state index contributed by atoms with van der Waals surface area (Å²) in [5, 5.41) is 0.353. The highest BCUT2D eigenvalue weighted by Gasteiger charge is 2.20.